The molecular formula is C9H11BrFNO. The van der Waals surface area contributed by atoms with Crippen LogP contribution in [0, 0.1) is 5.82 Å². The van der Waals surface area contributed by atoms with Gasteiger partial charge in [0, 0.05) is 10.5 Å². The third-order valence-electron chi connectivity index (χ3n) is 1.45. The van der Waals surface area contributed by atoms with Gasteiger partial charge in [-0.05, 0) is 25.1 Å². The maximum Gasteiger partial charge on any atom is 0.128 e. The van der Waals surface area contributed by atoms with Crippen LogP contribution in [0.1, 0.15) is 6.42 Å². The van der Waals surface area contributed by atoms with Gasteiger partial charge in [0.1, 0.15) is 11.6 Å². The lowest BCUT2D eigenvalue weighted by atomic mass is 10.3. The van der Waals surface area contributed by atoms with Gasteiger partial charge in [0.25, 0.3) is 0 Å². The van der Waals surface area contributed by atoms with E-state index >= 15 is 0 Å². The van der Waals surface area contributed by atoms with Gasteiger partial charge in [0.15, 0.2) is 0 Å². The summed E-state index contributed by atoms with van der Waals surface area (Å²) in [5.41, 5.74) is 5.29. The molecule has 0 unspecified atom stereocenters. The standard InChI is InChI=1S/C9H11BrFNO/c10-7-4-8(11)6-9(5-7)13-3-1-2-12/h4-6H,1-3,12H2. The van der Waals surface area contributed by atoms with Crippen LogP contribution in [-0.2, 0) is 0 Å². The Kier molecular flexibility index (Phi) is 4.18. The Labute approximate surface area is 85.0 Å². The molecule has 0 aliphatic carbocycles. The molecule has 0 amide bonds. The topological polar surface area (TPSA) is 35.2 Å². The quantitative estimate of drug-likeness (QED) is 0.830. The number of rotatable bonds is 4. The van der Waals surface area contributed by atoms with E-state index in [1.54, 1.807) is 6.07 Å². The minimum Gasteiger partial charge on any atom is -0.493 e. The van der Waals surface area contributed by atoms with Gasteiger partial charge in [-0.25, -0.2) is 4.39 Å². The average Bonchev–Trinajstić information content (AvgIpc) is 2.03. The molecule has 72 valence electrons. The first-order valence-electron chi connectivity index (χ1n) is 4.01. The smallest absolute Gasteiger partial charge is 0.128 e. The second kappa shape index (κ2) is 5.19. The van der Waals surface area contributed by atoms with Crippen molar-refractivity contribution in [1.82, 2.24) is 0 Å². The van der Waals surface area contributed by atoms with Crippen LogP contribution in [0.15, 0.2) is 22.7 Å². The first-order valence-corrected chi connectivity index (χ1v) is 4.80. The predicted octanol–water partition coefficient (Wildman–Crippen LogP) is 2.32. The van der Waals surface area contributed by atoms with Gasteiger partial charge in [0.2, 0.25) is 0 Å². The fourth-order valence-corrected chi connectivity index (χ4v) is 1.33. The summed E-state index contributed by atoms with van der Waals surface area (Å²) in [6.07, 6.45) is 0.772. The van der Waals surface area contributed by atoms with E-state index < -0.39 is 0 Å². The van der Waals surface area contributed by atoms with E-state index in [1.165, 1.54) is 12.1 Å². The fraction of sp³-hybridized carbons (Fsp3) is 0.333. The highest BCUT2D eigenvalue weighted by atomic mass is 79.9. The van der Waals surface area contributed by atoms with Crippen molar-refractivity contribution in [3.8, 4) is 5.75 Å². The molecule has 0 heterocycles. The molecule has 0 saturated carbocycles. The molecular weight excluding hydrogens is 237 g/mol. The van der Waals surface area contributed by atoms with Gasteiger partial charge in [0.05, 0.1) is 6.61 Å². The molecule has 1 aromatic carbocycles. The summed E-state index contributed by atoms with van der Waals surface area (Å²) < 4.78 is 18.7. The van der Waals surface area contributed by atoms with Crippen molar-refractivity contribution < 1.29 is 9.13 Å². The SMILES string of the molecule is NCCCOc1cc(F)cc(Br)c1. The summed E-state index contributed by atoms with van der Waals surface area (Å²) in [5.74, 6) is 0.220. The third-order valence-corrected chi connectivity index (χ3v) is 1.91. The average molecular weight is 248 g/mol. The number of nitrogens with two attached hydrogens (primary N) is 1. The molecule has 0 spiro atoms. The molecule has 0 radical (unpaired) electrons. The van der Waals surface area contributed by atoms with Crippen molar-refractivity contribution in [3.05, 3.63) is 28.5 Å². The van der Waals surface area contributed by atoms with Crippen LogP contribution in [0.25, 0.3) is 0 Å². The van der Waals surface area contributed by atoms with Crippen LogP contribution >= 0.6 is 15.9 Å². The lowest BCUT2D eigenvalue weighted by Gasteiger charge is -2.05. The van der Waals surface area contributed by atoms with Crippen LogP contribution < -0.4 is 10.5 Å². The summed E-state index contributed by atoms with van der Waals surface area (Å²) in [4.78, 5) is 0. The molecule has 2 N–H and O–H groups in total. The minimum absolute atomic E-state index is 0.308. The van der Waals surface area contributed by atoms with E-state index in [0.29, 0.717) is 23.4 Å². The maximum atomic E-state index is 12.8. The Morgan fingerprint density at radius 2 is 2.15 bits per heavy atom. The summed E-state index contributed by atoms with van der Waals surface area (Å²) in [7, 11) is 0. The summed E-state index contributed by atoms with van der Waals surface area (Å²) in [6.45, 7) is 1.10. The van der Waals surface area contributed by atoms with Crippen molar-refractivity contribution in [1.29, 1.82) is 0 Å². The predicted molar refractivity (Wildman–Crippen MR) is 53.3 cm³/mol. The number of hydrogen-bond acceptors (Lipinski definition) is 2. The van der Waals surface area contributed by atoms with Crippen molar-refractivity contribution in [2.75, 3.05) is 13.2 Å². The largest absolute Gasteiger partial charge is 0.493 e. The molecule has 0 bridgehead atoms. The van der Waals surface area contributed by atoms with E-state index in [0.717, 1.165) is 6.42 Å². The van der Waals surface area contributed by atoms with E-state index in [2.05, 4.69) is 15.9 Å². The molecule has 2 nitrogen and oxygen atoms in total. The second-order valence-electron chi connectivity index (χ2n) is 2.60. The molecule has 0 fully saturated rings. The normalized spacial score (nSPS) is 10.1. The first kappa shape index (κ1) is 10.5. The number of halogens is 2. The van der Waals surface area contributed by atoms with Crippen LogP contribution in [0.4, 0.5) is 4.39 Å². The highest BCUT2D eigenvalue weighted by Gasteiger charge is 1.98. The van der Waals surface area contributed by atoms with Crippen molar-refractivity contribution in [2.24, 2.45) is 5.73 Å². The Hall–Kier alpha value is -0.610. The van der Waals surface area contributed by atoms with Gasteiger partial charge >= 0.3 is 0 Å². The van der Waals surface area contributed by atoms with Crippen LogP contribution in [0.3, 0.4) is 0 Å². The lowest BCUT2D eigenvalue weighted by molar-refractivity contribution is 0.311. The van der Waals surface area contributed by atoms with Crippen molar-refractivity contribution in [3.63, 3.8) is 0 Å². The second-order valence-corrected chi connectivity index (χ2v) is 3.51. The number of benzene rings is 1. The molecule has 0 saturated heterocycles. The minimum atomic E-state index is -0.308. The molecule has 0 aliphatic rings. The Morgan fingerprint density at radius 1 is 1.38 bits per heavy atom. The zero-order valence-electron chi connectivity index (χ0n) is 7.09. The highest BCUT2D eigenvalue weighted by molar-refractivity contribution is 9.10. The van der Waals surface area contributed by atoms with Gasteiger partial charge in [-0.2, -0.15) is 0 Å². The highest BCUT2D eigenvalue weighted by Crippen LogP contribution is 2.20. The van der Waals surface area contributed by atoms with Crippen LogP contribution in [0.2, 0.25) is 0 Å². The summed E-state index contributed by atoms with van der Waals surface area (Å²) in [6, 6.07) is 4.46. The summed E-state index contributed by atoms with van der Waals surface area (Å²) in [5, 5.41) is 0. The Morgan fingerprint density at radius 3 is 2.77 bits per heavy atom. The molecule has 13 heavy (non-hydrogen) atoms. The Bertz CT molecular complexity index is 260. The van der Waals surface area contributed by atoms with Crippen molar-refractivity contribution in [2.45, 2.75) is 6.42 Å². The monoisotopic (exact) mass is 247 g/mol. The molecule has 0 aromatic heterocycles. The number of ether oxygens (including phenoxy) is 1. The lowest BCUT2D eigenvalue weighted by Crippen LogP contribution is -2.06. The zero-order chi connectivity index (χ0) is 9.68. The maximum absolute atomic E-state index is 12.8. The van der Waals surface area contributed by atoms with E-state index in [1.807, 2.05) is 0 Å². The number of hydrogen-bond donors (Lipinski definition) is 1. The van der Waals surface area contributed by atoms with E-state index in [4.69, 9.17) is 10.5 Å². The first-order chi connectivity index (χ1) is 6.22. The molecule has 0 aliphatic heterocycles. The van der Waals surface area contributed by atoms with Crippen molar-refractivity contribution >= 4 is 15.9 Å². The molecule has 1 rings (SSSR count). The van der Waals surface area contributed by atoms with Crippen LogP contribution in [0.5, 0.6) is 5.75 Å². The third kappa shape index (κ3) is 3.74. The molecule has 1 aromatic rings. The fourth-order valence-electron chi connectivity index (χ4n) is 0.885. The summed E-state index contributed by atoms with van der Waals surface area (Å²) >= 11 is 3.18. The van der Waals surface area contributed by atoms with E-state index in [9.17, 15) is 4.39 Å². The zero-order valence-corrected chi connectivity index (χ0v) is 8.68. The van der Waals surface area contributed by atoms with Gasteiger partial charge in [-0.1, -0.05) is 15.9 Å². The van der Waals surface area contributed by atoms with Gasteiger partial charge < -0.3 is 10.5 Å². The van der Waals surface area contributed by atoms with Gasteiger partial charge in [-0.3, -0.25) is 0 Å². The molecule has 4 heteroatoms. The molecule has 0 atom stereocenters. The Balaban J connectivity index is 2.56. The van der Waals surface area contributed by atoms with Gasteiger partial charge in [-0.15, -0.1) is 0 Å². The van der Waals surface area contributed by atoms with E-state index in [-0.39, 0.29) is 5.82 Å². The van der Waals surface area contributed by atoms with Crippen LogP contribution in [-0.4, -0.2) is 13.2 Å².